The van der Waals surface area contributed by atoms with Crippen molar-refractivity contribution >= 4 is 24.0 Å². The van der Waals surface area contributed by atoms with Gasteiger partial charge in [0.25, 0.3) is 0 Å². The van der Waals surface area contributed by atoms with E-state index in [-0.39, 0.29) is 0 Å². The first-order chi connectivity index (χ1) is 10.5. The molecule has 0 amide bonds. The summed E-state index contributed by atoms with van der Waals surface area (Å²) in [6, 6.07) is 23.5. The second kappa shape index (κ2) is 5.83. The van der Waals surface area contributed by atoms with Crippen LogP contribution < -0.4 is 5.19 Å². The summed E-state index contributed by atoms with van der Waals surface area (Å²) in [6.07, 6.45) is 0. The Hall–Kier alpha value is -2.30. The topological polar surface area (TPSA) is 0 Å². The van der Waals surface area contributed by atoms with Gasteiger partial charge in [0, 0.05) is 11.1 Å². The van der Waals surface area contributed by atoms with E-state index in [1.165, 1.54) is 16.0 Å². The van der Waals surface area contributed by atoms with Gasteiger partial charge in [0.15, 0.2) is 0 Å². The van der Waals surface area contributed by atoms with Crippen LogP contribution in [0, 0.1) is 11.8 Å². The average molecular weight is 300 g/mol. The van der Waals surface area contributed by atoms with Crippen LogP contribution in [0.4, 0.5) is 0 Å². The molecule has 0 heterocycles. The summed E-state index contributed by atoms with van der Waals surface area (Å²) in [5, 5.41) is 3.97. The summed E-state index contributed by atoms with van der Waals surface area (Å²) >= 11 is 0. The molecule has 0 saturated heterocycles. The summed E-state index contributed by atoms with van der Waals surface area (Å²) in [4.78, 5) is 0. The molecular weight excluding hydrogens is 280 g/mol. The molecule has 3 rings (SSSR count). The highest BCUT2D eigenvalue weighted by Gasteiger charge is 2.15. The average Bonchev–Trinajstić information content (AvgIpc) is 2.52. The van der Waals surface area contributed by atoms with Crippen molar-refractivity contribution in [3.05, 3.63) is 77.9 Å². The quantitative estimate of drug-likeness (QED) is 0.448. The molecule has 1 heteroatoms. The molecule has 0 aromatic heterocycles. The molecule has 0 N–H and O–H groups in total. The van der Waals surface area contributed by atoms with Crippen LogP contribution in [0.25, 0.3) is 10.8 Å². The van der Waals surface area contributed by atoms with Gasteiger partial charge in [-0.2, -0.15) is 0 Å². The summed E-state index contributed by atoms with van der Waals surface area (Å²) in [5.41, 5.74) is 2.14. The van der Waals surface area contributed by atoms with Gasteiger partial charge in [-0.05, 0) is 35.0 Å². The maximum absolute atomic E-state index is 3.27. The van der Waals surface area contributed by atoms with Gasteiger partial charge in [0.2, 0.25) is 0 Å². The lowest BCUT2D eigenvalue weighted by molar-refractivity contribution is 1.63. The zero-order valence-electron chi connectivity index (χ0n) is 13.4. The predicted octanol–water partition coefficient (Wildman–Crippen LogP) is 4.78. The van der Waals surface area contributed by atoms with E-state index in [1.807, 2.05) is 0 Å². The van der Waals surface area contributed by atoms with Crippen LogP contribution in [0.15, 0.2) is 66.7 Å². The zero-order valence-corrected chi connectivity index (χ0v) is 14.4. The molecular formula is C21H20Si. The fraction of sp³-hybridized carbons (Fsp3) is 0.143. The van der Waals surface area contributed by atoms with E-state index in [0.717, 1.165) is 11.1 Å². The number of hydrogen-bond donors (Lipinski definition) is 0. The van der Waals surface area contributed by atoms with Crippen molar-refractivity contribution in [2.24, 2.45) is 0 Å². The lowest BCUT2D eigenvalue weighted by atomic mass is 10.1. The smallest absolute Gasteiger partial charge is 0.0656 e. The molecule has 0 radical (unpaired) electrons. The molecule has 0 atom stereocenters. The van der Waals surface area contributed by atoms with E-state index in [9.17, 15) is 0 Å². The van der Waals surface area contributed by atoms with Crippen LogP contribution in [0.3, 0.4) is 0 Å². The molecule has 3 aromatic carbocycles. The molecule has 0 aliphatic carbocycles. The van der Waals surface area contributed by atoms with Crippen LogP contribution >= 0.6 is 0 Å². The largest absolute Gasteiger partial charge is 0.0775 e. The van der Waals surface area contributed by atoms with Gasteiger partial charge in [-0.1, -0.05) is 79.1 Å². The van der Waals surface area contributed by atoms with Crippen molar-refractivity contribution in [1.82, 2.24) is 0 Å². The second-order valence-corrected chi connectivity index (χ2v) is 11.7. The summed E-state index contributed by atoms with van der Waals surface area (Å²) in [7, 11) is -1.22. The Morgan fingerprint density at radius 1 is 0.636 bits per heavy atom. The minimum Gasteiger partial charge on any atom is -0.0656 e. The minimum absolute atomic E-state index is 1.06. The van der Waals surface area contributed by atoms with Crippen LogP contribution in [-0.2, 0) is 0 Å². The van der Waals surface area contributed by atoms with Crippen molar-refractivity contribution in [1.29, 1.82) is 0 Å². The van der Waals surface area contributed by atoms with E-state index in [0.29, 0.717) is 0 Å². The second-order valence-electron chi connectivity index (χ2n) is 6.64. The summed E-state index contributed by atoms with van der Waals surface area (Å²) < 4.78 is 0. The minimum atomic E-state index is -1.22. The van der Waals surface area contributed by atoms with E-state index in [2.05, 4.69) is 98.2 Å². The third-order valence-corrected chi connectivity index (χ3v) is 5.92. The first-order valence-corrected chi connectivity index (χ1v) is 11.1. The van der Waals surface area contributed by atoms with Crippen molar-refractivity contribution < 1.29 is 0 Å². The summed E-state index contributed by atoms with van der Waals surface area (Å²) in [6.45, 7) is 7.09. The van der Waals surface area contributed by atoms with Crippen LogP contribution in [0.1, 0.15) is 11.1 Å². The Morgan fingerprint density at radius 2 is 1.23 bits per heavy atom. The Kier molecular flexibility index (Phi) is 3.87. The molecule has 0 aliphatic rings. The Labute approximate surface area is 133 Å². The Morgan fingerprint density at radius 3 is 1.91 bits per heavy atom. The molecule has 0 spiro atoms. The monoisotopic (exact) mass is 300 g/mol. The molecule has 0 unspecified atom stereocenters. The van der Waals surface area contributed by atoms with Gasteiger partial charge >= 0.3 is 0 Å². The van der Waals surface area contributed by atoms with Crippen LogP contribution in [-0.4, -0.2) is 8.07 Å². The van der Waals surface area contributed by atoms with E-state index >= 15 is 0 Å². The van der Waals surface area contributed by atoms with E-state index < -0.39 is 8.07 Å². The number of hydrogen-bond acceptors (Lipinski definition) is 0. The van der Waals surface area contributed by atoms with Crippen molar-refractivity contribution in [3.63, 3.8) is 0 Å². The highest BCUT2D eigenvalue weighted by Crippen LogP contribution is 2.15. The first-order valence-electron chi connectivity index (χ1n) is 7.64. The fourth-order valence-corrected chi connectivity index (χ4v) is 3.63. The number of benzene rings is 3. The molecule has 0 saturated carbocycles. The van der Waals surface area contributed by atoms with Gasteiger partial charge in [0.1, 0.15) is 0 Å². The van der Waals surface area contributed by atoms with Crippen LogP contribution in [0.5, 0.6) is 0 Å². The molecule has 0 nitrogen and oxygen atoms in total. The van der Waals surface area contributed by atoms with E-state index in [1.54, 1.807) is 0 Å². The summed E-state index contributed by atoms with van der Waals surface area (Å²) in [5.74, 6) is 6.54. The molecule has 0 aliphatic heterocycles. The third kappa shape index (κ3) is 3.29. The Balaban J connectivity index is 1.87. The zero-order chi connectivity index (χ0) is 15.6. The fourth-order valence-electron chi connectivity index (χ4n) is 2.46. The highest BCUT2D eigenvalue weighted by atomic mass is 28.3. The van der Waals surface area contributed by atoms with Gasteiger partial charge in [-0.3, -0.25) is 0 Å². The van der Waals surface area contributed by atoms with Gasteiger partial charge in [-0.15, -0.1) is 0 Å². The normalized spacial score (nSPS) is 11.0. The predicted molar refractivity (Wildman–Crippen MR) is 99.4 cm³/mol. The van der Waals surface area contributed by atoms with Crippen molar-refractivity contribution in [2.75, 3.05) is 0 Å². The lowest BCUT2D eigenvalue weighted by Crippen LogP contribution is -2.37. The first kappa shape index (κ1) is 14.6. The highest BCUT2D eigenvalue weighted by molar-refractivity contribution is 6.88. The van der Waals surface area contributed by atoms with Crippen molar-refractivity contribution in [2.45, 2.75) is 19.6 Å². The maximum Gasteiger partial charge on any atom is 0.0775 e. The van der Waals surface area contributed by atoms with Gasteiger partial charge < -0.3 is 0 Å². The third-order valence-electron chi connectivity index (χ3n) is 3.85. The Bertz CT molecular complexity index is 856. The van der Waals surface area contributed by atoms with E-state index in [4.69, 9.17) is 0 Å². The molecule has 0 fully saturated rings. The van der Waals surface area contributed by atoms with Gasteiger partial charge in [0.05, 0.1) is 8.07 Å². The van der Waals surface area contributed by atoms with Gasteiger partial charge in [-0.25, -0.2) is 0 Å². The molecule has 0 bridgehead atoms. The molecule has 3 aromatic rings. The molecule has 22 heavy (non-hydrogen) atoms. The van der Waals surface area contributed by atoms with Crippen molar-refractivity contribution in [3.8, 4) is 11.8 Å². The molecule has 108 valence electrons. The maximum atomic E-state index is 3.27. The number of rotatable bonds is 1. The lowest BCUT2D eigenvalue weighted by Gasteiger charge is -2.15. The standard InChI is InChI=1S/C21H20Si/c1-22(2,3)21-14-11-17(12-15-21)8-9-18-10-13-19-6-4-5-7-20(19)16-18/h4-7,10-16H,1-3H3. The number of fused-ring (bicyclic) bond motifs is 1. The van der Waals surface area contributed by atoms with Crippen LogP contribution in [0.2, 0.25) is 19.6 Å². The SMILES string of the molecule is C[Si](C)(C)c1ccc(C#Cc2ccc3ccccc3c2)cc1.